The summed E-state index contributed by atoms with van der Waals surface area (Å²) < 4.78 is 5.11. The predicted molar refractivity (Wildman–Crippen MR) is 101 cm³/mol. The molecule has 0 aromatic heterocycles. The van der Waals surface area contributed by atoms with Crippen LogP contribution in [0.1, 0.15) is 0 Å². The zero-order chi connectivity index (χ0) is 16.7. The molecule has 24 heavy (non-hydrogen) atoms. The molecule has 0 saturated heterocycles. The van der Waals surface area contributed by atoms with E-state index in [0.717, 1.165) is 6.04 Å². The maximum absolute atomic E-state index is 10.7. The maximum atomic E-state index is 10.7. The molecular weight excluding hydrogens is 312 g/mol. The third-order valence-corrected chi connectivity index (χ3v) is 9.37. The largest absolute Gasteiger partial charge is 0.468 e. The quantitative estimate of drug-likeness (QED) is 0.287. The van der Waals surface area contributed by atoms with Gasteiger partial charge in [0, 0.05) is 0 Å². The fraction of sp³-hybridized carbons (Fsp3) is 0.0952. The molecule has 0 aliphatic carbocycles. The molecule has 0 atom stereocenters. The van der Waals surface area contributed by atoms with E-state index in [1.165, 1.54) is 15.6 Å². The van der Waals surface area contributed by atoms with E-state index in [-0.39, 0.29) is 0 Å². The number of carbonyl (C=O) groups excluding carboxylic acids is 1. The molecule has 3 heteroatoms. The summed E-state index contributed by atoms with van der Waals surface area (Å²) in [6.45, 7) is 0.967. The highest BCUT2D eigenvalue weighted by molar-refractivity contribution is 7.11. The van der Waals surface area contributed by atoms with Crippen molar-refractivity contribution < 1.29 is 9.53 Å². The van der Waals surface area contributed by atoms with Crippen LogP contribution in [0.4, 0.5) is 0 Å². The number of benzene rings is 3. The van der Waals surface area contributed by atoms with E-state index < -0.39 is 8.07 Å². The van der Waals surface area contributed by atoms with Crippen molar-refractivity contribution in [1.29, 1.82) is 0 Å². The van der Waals surface area contributed by atoms with Gasteiger partial charge in [-0.2, -0.15) is 0 Å². The van der Waals surface area contributed by atoms with E-state index in [0.29, 0.717) is 13.1 Å². The molecule has 120 valence electrons. The summed E-state index contributed by atoms with van der Waals surface area (Å²) in [6, 6.07) is 32.7. The number of hydrogen-bond donors (Lipinski definition) is 0. The van der Waals surface area contributed by atoms with Crippen molar-refractivity contribution in [2.75, 3.05) is 6.61 Å². The average molecular weight is 332 g/mol. The number of hydrogen-bond acceptors (Lipinski definition) is 2. The molecule has 2 nitrogen and oxygen atoms in total. The summed E-state index contributed by atoms with van der Waals surface area (Å²) in [5.74, 6) is 0. The van der Waals surface area contributed by atoms with Crippen molar-refractivity contribution in [2.24, 2.45) is 0 Å². The van der Waals surface area contributed by atoms with E-state index in [9.17, 15) is 4.79 Å². The lowest BCUT2D eigenvalue weighted by atomic mass is 10.3. The van der Waals surface area contributed by atoms with Crippen LogP contribution in [0, 0.1) is 0 Å². The lowest BCUT2D eigenvalue weighted by Gasteiger charge is -2.33. The monoisotopic (exact) mass is 332 g/mol. The average Bonchev–Trinajstić information content (AvgIpc) is 2.68. The van der Waals surface area contributed by atoms with Crippen LogP contribution in [0.25, 0.3) is 0 Å². The molecule has 0 bridgehead atoms. The summed E-state index contributed by atoms with van der Waals surface area (Å²) >= 11 is 0. The molecule has 0 saturated carbocycles. The molecule has 0 spiro atoms. The molecule has 0 N–H and O–H groups in total. The molecule has 3 aromatic rings. The summed E-state index contributed by atoms with van der Waals surface area (Å²) in [4.78, 5) is 10.7. The fourth-order valence-corrected chi connectivity index (χ4v) is 7.94. The number of ether oxygens (including phenoxy) is 1. The van der Waals surface area contributed by atoms with Crippen molar-refractivity contribution >= 4 is 30.1 Å². The van der Waals surface area contributed by atoms with Gasteiger partial charge in [0.25, 0.3) is 6.47 Å². The van der Waals surface area contributed by atoms with Crippen molar-refractivity contribution in [3.8, 4) is 0 Å². The topological polar surface area (TPSA) is 26.3 Å². The predicted octanol–water partition coefficient (Wildman–Crippen LogP) is 2.33. The van der Waals surface area contributed by atoms with Gasteiger partial charge in [0.05, 0.1) is 6.61 Å². The molecule has 0 radical (unpaired) electrons. The molecule has 0 aliphatic rings. The Morgan fingerprint density at radius 2 is 1.04 bits per heavy atom. The highest BCUT2D eigenvalue weighted by Crippen LogP contribution is 2.13. The second-order valence-electron chi connectivity index (χ2n) is 5.72. The van der Waals surface area contributed by atoms with Crippen LogP contribution in [0.5, 0.6) is 0 Å². The molecule has 0 amide bonds. The van der Waals surface area contributed by atoms with E-state index in [1.54, 1.807) is 0 Å². The Kier molecular flexibility index (Phi) is 5.24. The molecule has 3 aromatic carbocycles. The van der Waals surface area contributed by atoms with Gasteiger partial charge >= 0.3 is 0 Å². The van der Waals surface area contributed by atoms with Crippen LogP contribution < -0.4 is 15.6 Å². The van der Waals surface area contributed by atoms with Crippen molar-refractivity contribution in [2.45, 2.75) is 6.04 Å². The van der Waals surface area contributed by atoms with Crippen LogP contribution >= 0.6 is 0 Å². The summed E-state index contributed by atoms with van der Waals surface area (Å²) in [6.07, 6.45) is 0. The van der Waals surface area contributed by atoms with Crippen LogP contribution in [-0.2, 0) is 9.53 Å². The molecule has 0 unspecified atom stereocenters. The molecule has 0 aliphatic heterocycles. The van der Waals surface area contributed by atoms with Gasteiger partial charge in [0.15, 0.2) is 8.07 Å². The second kappa shape index (κ2) is 7.75. The van der Waals surface area contributed by atoms with Crippen LogP contribution in [0.15, 0.2) is 91.0 Å². The minimum absolute atomic E-state index is 0.425. The highest BCUT2D eigenvalue weighted by atomic mass is 28.3. The van der Waals surface area contributed by atoms with Gasteiger partial charge in [0.2, 0.25) is 0 Å². The number of carbonyl (C=O) groups is 1. The molecule has 0 heterocycles. The third-order valence-electron chi connectivity index (χ3n) is 4.46. The normalized spacial score (nSPS) is 11.0. The van der Waals surface area contributed by atoms with Gasteiger partial charge < -0.3 is 4.74 Å². The lowest BCUT2D eigenvalue weighted by Crippen LogP contribution is -2.67. The molecule has 0 fully saturated rings. The van der Waals surface area contributed by atoms with Gasteiger partial charge in [-0.1, -0.05) is 91.0 Å². The smallest absolute Gasteiger partial charge is 0.293 e. The Balaban J connectivity index is 2.22. The minimum Gasteiger partial charge on any atom is -0.468 e. The summed E-state index contributed by atoms with van der Waals surface area (Å²) in [7, 11) is -2.24. The third kappa shape index (κ3) is 3.17. The van der Waals surface area contributed by atoms with E-state index in [1.807, 2.05) is 18.2 Å². The molecule has 3 rings (SSSR count). The van der Waals surface area contributed by atoms with Gasteiger partial charge in [0.1, 0.15) is 0 Å². The molecular formula is C21H20O2Si. The Labute approximate surface area is 143 Å². The lowest BCUT2D eigenvalue weighted by molar-refractivity contribution is -0.128. The summed E-state index contributed by atoms with van der Waals surface area (Å²) in [5.41, 5.74) is 0. The summed E-state index contributed by atoms with van der Waals surface area (Å²) in [5, 5.41) is 3.99. The van der Waals surface area contributed by atoms with Crippen molar-refractivity contribution in [1.82, 2.24) is 0 Å². The Morgan fingerprint density at radius 1 is 0.667 bits per heavy atom. The van der Waals surface area contributed by atoms with Gasteiger partial charge in [-0.05, 0) is 21.6 Å². The zero-order valence-electron chi connectivity index (χ0n) is 13.5. The van der Waals surface area contributed by atoms with Gasteiger partial charge in [-0.3, -0.25) is 4.79 Å². The van der Waals surface area contributed by atoms with Crippen LogP contribution in [0.3, 0.4) is 0 Å². The van der Waals surface area contributed by atoms with Crippen LogP contribution in [0.2, 0.25) is 6.04 Å². The standard InChI is InChI=1S/C21H20O2Si/c22-18-23-16-17-24(19-10-4-1-5-11-19,20-12-6-2-7-13-20)21-14-8-3-9-15-21/h1-15,18H,16-17H2. The Morgan fingerprint density at radius 3 is 1.38 bits per heavy atom. The second-order valence-corrected chi connectivity index (χ2v) is 9.76. The van der Waals surface area contributed by atoms with E-state index >= 15 is 0 Å². The van der Waals surface area contributed by atoms with Crippen LogP contribution in [-0.4, -0.2) is 21.2 Å². The first kappa shape index (κ1) is 16.2. The highest BCUT2D eigenvalue weighted by Gasteiger charge is 2.38. The van der Waals surface area contributed by atoms with Gasteiger partial charge in [-0.25, -0.2) is 0 Å². The Bertz CT molecular complexity index is 661. The first-order chi connectivity index (χ1) is 11.9. The van der Waals surface area contributed by atoms with E-state index in [2.05, 4.69) is 72.8 Å². The number of rotatable bonds is 7. The maximum Gasteiger partial charge on any atom is 0.293 e. The first-order valence-electron chi connectivity index (χ1n) is 8.10. The van der Waals surface area contributed by atoms with Gasteiger partial charge in [-0.15, -0.1) is 0 Å². The van der Waals surface area contributed by atoms with E-state index in [4.69, 9.17) is 4.74 Å². The van der Waals surface area contributed by atoms with Crippen molar-refractivity contribution in [3.63, 3.8) is 0 Å². The minimum atomic E-state index is -2.24. The Hall–Kier alpha value is -2.65. The fourth-order valence-electron chi connectivity index (χ4n) is 3.36. The SMILES string of the molecule is O=COCC[Si](c1ccccc1)(c1ccccc1)c1ccccc1. The van der Waals surface area contributed by atoms with Crippen molar-refractivity contribution in [3.05, 3.63) is 91.0 Å². The first-order valence-corrected chi connectivity index (χ1v) is 10.3. The zero-order valence-corrected chi connectivity index (χ0v) is 14.5.